The summed E-state index contributed by atoms with van der Waals surface area (Å²) >= 11 is 0. The standard InChI is InChI=1S/C16H14F3NO/c17-16(18,19)9-10-20-15-11-5-1-3-7-13(11)21-14-8-4-2-6-12(14)15/h1-8,15,20H,9-10H2. The molecule has 0 amide bonds. The largest absolute Gasteiger partial charge is 0.457 e. The molecule has 0 aromatic heterocycles. The van der Waals surface area contributed by atoms with Crippen molar-refractivity contribution in [3.8, 4) is 11.5 Å². The fraction of sp³-hybridized carbons (Fsp3) is 0.250. The molecule has 0 fully saturated rings. The molecule has 0 atom stereocenters. The molecule has 2 aromatic rings. The Kier molecular flexibility index (Phi) is 3.59. The highest BCUT2D eigenvalue weighted by molar-refractivity contribution is 5.52. The minimum atomic E-state index is -4.16. The smallest absolute Gasteiger partial charge is 0.390 e. The van der Waals surface area contributed by atoms with Crippen molar-refractivity contribution < 1.29 is 17.9 Å². The van der Waals surface area contributed by atoms with Crippen LogP contribution in [0.3, 0.4) is 0 Å². The Morgan fingerprint density at radius 2 is 1.43 bits per heavy atom. The van der Waals surface area contributed by atoms with Crippen LogP contribution >= 0.6 is 0 Å². The molecule has 110 valence electrons. The summed E-state index contributed by atoms with van der Waals surface area (Å²) in [6, 6.07) is 14.5. The normalized spacial score (nSPS) is 14.2. The Morgan fingerprint density at radius 3 is 1.95 bits per heavy atom. The van der Waals surface area contributed by atoms with E-state index in [1.807, 2.05) is 48.5 Å². The molecule has 1 aliphatic heterocycles. The van der Waals surface area contributed by atoms with Gasteiger partial charge in [0.2, 0.25) is 0 Å². The van der Waals surface area contributed by atoms with Crippen LogP contribution in [0.5, 0.6) is 11.5 Å². The maximum atomic E-state index is 12.3. The fourth-order valence-electron chi connectivity index (χ4n) is 2.49. The second-order valence-corrected chi connectivity index (χ2v) is 4.93. The molecule has 21 heavy (non-hydrogen) atoms. The Balaban J connectivity index is 1.88. The van der Waals surface area contributed by atoms with Gasteiger partial charge in [-0.05, 0) is 12.1 Å². The van der Waals surface area contributed by atoms with Crippen molar-refractivity contribution in [1.82, 2.24) is 5.32 Å². The summed E-state index contributed by atoms with van der Waals surface area (Å²) < 4.78 is 42.8. The zero-order valence-corrected chi connectivity index (χ0v) is 11.2. The van der Waals surface area contributed by atoms with E-state index in [2.05, 4.69) is 5.32 Å². The van der Waals surface area contributed by atoms with Crippen LogP contribution in [-0.4, -0.2) is 12.7 Å². The van der Waals surface area contributed by atoms with E-state index in [0.29, 0.717) is 11.5 Å². The topological polar surface area (TPSA) is 21.3 Å². The van der Waals surface area contributed by atoms with Gasteiger partial charge in [-0.1, -0.05) is 36.4 Å². The lowest BCUT2D eigenvalue weighted by atomic mass is 9.94. The molecule has 0 aliphatic carbocycles. The molecule has 0 bridgehead atoms. The monoisotopic (exact) mass is 293 g/mol. The lowest BCUT2D eigenvalue weighted by Crippen LogP contribution is -2.29. The number of hydrogen-bond donors (Lipinski definition) is 1. The van der Waals surface area contributed by atoms with Crippen LogP contribution in [0, 0.1) is 0 Å². The zero-order valence-electron chi connectivity index (χ0n) is 11.2. The predicted molar refractivity (Wildman–Crippen MR) is 73.5 cm³/mol. The summed E-state index contributed by atoms with van der Waals surface area (Å²) in [6.45, 7) is -0.128. The van der Waals surface area contributed by atoms with Crippen LogP contribution < -0.4 is 10.1 Å². The van der Waals surface area contributed by atoms with Gasteiger partial charge in [-0.2, -0.15) is 13.2 Å². The van der Waals surface area contributed by atoms with E-state index in [-0.39, 0.29) is 12.6 Å². The quantitative estimate of drug-likeness (QED) is 0.904. The van der Waals surface area contributed by atoms with E-state index >= 15 is 0 Å². The van der Waals surface area contributed by atoms with Crippen molar-refractivity contribution in [3.05, 3.63) is 59.7 Å². The molecule has 1 heterocycles. The molecule has 0 radical (unpaired) electrons. The molecular weight excluding hydrogens is 279 g/mol. The molecule has 3 rings (SSSR count). The van der Waals surface area contributed by atoms with Gasteiger partial charge in [0.15, 0.2) is 0 Å². The van der Waals surface area contributed by atoms with Crippen LogP contribution in [0.15, 0.2) is 48.5 Å². The van der Waals surface area contributed by atoms with Gasteiger partial charge in [-0.3, -0.25) is 0 Å². The van der Waals surface area contributed by atoms with Gasteiger partial charge in [0, 0.05) is 17.7 Å². The Morgan fingerprint density at radius 1 is 0.905 bits per heavy atom. The summed E-state index contributed by atoms with van der Waals surface area (Å²) in [7, 11) is 0. The van der Waals surface area contributed by atoms with E-state index in [1.54, 1.807) is 0 Å². The minimum Gasteiger partial charge on any atom is -0.457 e. The Hall–Kier alpha value is -2.01. The van der Waals surface area contributed by atoms with Gasteiger partial charge < -0.3 is 10.1 Å². The third-order valence-electron chi connectivity index (χ3n) is 3.44. The highest BCUT2D eigenvalue weighted by Gasteiger charge is 2.30. The molecule has 1 N–H and O–H groups in total. The first-order valence-electron chi connectivity index (χ1n) is 6.70. The van der Waals surface area contributed by atoms with E-state index in [9.17, 15) is 13.2 Å². The maximum absolute atomic E-state index is 12.3. The van der Waals surface area contributed by atoms with Gasteiger partial charge in [-0.25, -0.2) is 0 Å². The fourth-order valence-corrected chi connectivity index (χ4v) is 2.49. The number of fused-ring (bicyclic) bond motifs is 2. The summed E-state index contributed by atoms with van der Waals surface area (Å²) in [6.07, 6.45) is -5.01. The van der Waals surface area contributed by atoms with Crippen molar-refractivity contribution >= 4 is 0 Å². The van der Waals surface area contributed by atoms with Crippen molar-refractivity contribution in [2.45, 2.75) is 18.6 Å². The lowest BCUT2D eigenvalue weighted by Gasteiger charge is -2.29. The van der Waals surface area contributed by atoms with E-state index < -0.39 is 12.6 Å². The third-order valence-corrected chi connectivity index (χ3v) is 3.44. The van der Waals surface area contributed by atoms with E-state index in [0.717, 1.165) is 11.1 Å². The first-order chi connectivity index (χ1) is 10.0. The number of hydrogen-bond acceptors (Lipinski definition) is 2. The molecular formula is C16H14F3NO. The molecule has 0 saturated heterocycles. The molecule has 1 aliphatic rings. The van der Waals surface area contributed by atoms with Crippen LogP contribution in [0.4, 0.5) is 13.2 Å². The molecule has 0 saturated carbocycles. The van der Waals surface area contributed by atoms with E-state index in [4.69, 9.17) is 4.74 Å². The van der Waals surface area contributed by atoms with Gasteiger partial charge in [0.25, 0.3) is 0 Å². The first-order valence-corrected chi connectivity index (χ1v) is 6.70. The number of alkyl halides is 3. The molecule has 0 unspecified atom stereocenters. The van der Waals surface area contributed by atoms with Crippen molar-refractivity contribution in [3.63, 3.8) is 0 Å². The number of para-hydroxylation sites is 2. The number of nitrogens with one attached hydrogen (secondary N) is 1. The number of halogens is 3. The SMILES string of the molecule is FC(F)(F)CCNC1c2ccccc2Oc2ccccc21. The van der Waals surface area contributed by atoms with Gasteiger partial charge in [-0.15, -0.1) is 0 Å². The summed E-state index contributed by atoms with van der Waals surface area (Å²) in [5.41, 5.74) is 1.72. The summed E-state index contributed by atoms with van der Waals surface area (Å²) in [5, 5.41) is 2.99. The van der Waals surface area contributed by atoms with Crippen LogP contribution in [-0.2, 0) is 0 Å². The Labute approximate surface area is 120 Å². The third kappa shape index (κ3) is 3.03. The average molecular weight is 293 g/mol. The second-order valence-electron chi connectivity index (χ2n) is 4.93. The van der Waals surface area contributed by atoms with Crippen LogP contribution in [0.25, 0.3) is 0 Å². The first kappa shape index (κ1) is 13.9. The van der Waals surface area contributed by atoms with Crippen molar-refractivity contribution in [2.24, 2.45) is 0 Å². The molecule has 5 heteroatoms. The minimum absolute atomic E-state index is 0.128. The van der Waals surface area contributed by atoms with Crippen LogP contribution in [0.1, 0.15) is 23.6 Å². The zero-order chi connectivity index (χ0) is 14.9. The number of ether oxygens (including phenoxy) is 1. The summed E-state index contributed by atoms with van der Waals surface area (Å²) in [4.78, 5) is 0. The highest BCUT2D eigenvalue weighted by atomic mass is 19.4. The highest BCUT2D eigenvalue weighted by Crippen LogP contribution is 2.42. The maximum Gasteiger partial charge on any atom is 0.390 e. The predicted octanol–water partition coefficient (Wildman–Crippen LogP) is 4.42. The van der Waals surface area contributed by atoms with Gasteiger partial charge in [0.05, 0.1) is 12.5 Å². The van der Waals surface area contributed by atoms with Crippen molar-refractivity contribution in [2.75, 3.05) is 6.54 Å². The van der Waals surface area contributed by atoms with Crippen molar-refractivity contribution in [1.29, 1.82) is 0 Å². The second kappa shape index (κ2) is 5.41. The lowest BCUT2D eigenvalue weighted by molar-refractivity contribution is -0.133. The molecule has 2 nitrogen and oxygen atoms in total. The average Bonchev–Trinajstić information content (AvgIpc) is 2.45. The summed E-state index contributed by atoms with van der Waals surface area (Å²) in [5.74, 6) is 1.36. The van der Waals surface area contributed by atoms with E-state index in [1.165, 1.54) is 0 Å². The molecule has 2 aromatic carbocycles. The van der Waals surface area contributed by atoms with Gasteiger partial charge >= 0.3 is 6.18 Å². The number of benzene rings is 2. The van der Waals surface area contributed by atoms with Crippen LogP contribution in [0.2, 0.25) is 0 Å². The molecule has 0 spiro atoms. The number of rotatable bonds is 3. The Bertz CT molecular complexity index is 594. The van der Waals surface area contributed by atoms with Gasteiger partial charge in [0.1, 0.15) is 11.5 Å².